The number of benzene rings is 1. The summed E-state index contributed by atoms with van der Waals surface area (Å²) in [7, 11) is 1.82. The summed E-state index contributed by atoms with van der Waals surface area (Å²) in [5, 5.41) is 3.82. The number of amides is 1. The lowest BCUT2D eigenvalue weighted by Crippen LogP contribution is -2.58. The van der Waals surface area contributed by atoms with Crippen LogP contribution in [0.15, 0.2) is 24.3 Å². The van der Waals surface area contributed by atoms with Crippen LogP contribution in [0, 0.1) is 0 Å². The van der Waals surface area contributed by atoms with Crippen molar-refractivity contribution in [2.45, 2.75) is 19.4 Å². The summed E-state index contributed by atoms with van der Waals surface area (Å²) < 4.78 is 0. The van der Waals surface area contributed by atoms with Gasteiger partial charge in [0.2, 0.25) is 5.91 Å². The number of piperazine rings is 1. The van der Waals surface area contributed by atoms with Crippen molar-refractivity contribution in [2.75, 3.05) is 38.1 Å². The second-order valence-electron chi connectivity index (χ2n) is 5.63. The lowest BCUT2D eigenvalue weighted by molar-refractivity contribution is -0.137. The molecule has 1 saturated heterocycles. The van der Waals surface area contributed by atoms with Gasteiger partial charge in [0.1, 0.15) is 0 Å². The van der Waals surface area contributed by atoms with Gasteiger partial charge in [-0.3, -0.25) is 4.79 Å². The van der Waals surface area contributed by atoms with Gasteiger partial charge in [-0.1, -0.05) is 11.6 Å². The molecule has 1 heterocycles. The molecular weight excluding hydrogens is 274 g/mol. The highest BCUT2D eigenvalue weighted by Gasteiger charge is 2.32. The van der Waals surface area contributed by atoms with Gasteiger partial charge in [-0.25, -0.2) is 0 Å². The Morgan fingerprint density at radius 2 is 1.70 bits per heavy atom. The van der Waals surface area contributed by atoms with Crippen molar-refractivity contribution in [3.63, 3.8) is 0 Å². The first-order valence-electron chi connectivity index (χ1n) is 6.93. The summed E-state index contributed by atoms with van der Waals surface area (Å²) in [6, 6.07) is 7.85. The Morgan fingerprint density at radius 3 is 2.20 bits per heavy atom. The number of hydrogen-bond donors (Lipinski definition) is 1. The van der Waals surface area contributed by atoms with E-state index < -0.39 is 5.54 Å². The number of hydrogen-bond acceptors (Lipinski definition) is 3. The molecule has 110 valence electrons. The summed E-state index contributed by atoms with van der Waals surface area (Å²) in [5.41, 5.74) is 0.664. The van der Waals surface area contributed by atoms with Crippen LogP contribution in [0.25, 0.3) is 0 Å². The monoisotopic (exact) mass is 295 g/mol. The van der Waals surface area contributed by atoms with Gasteiger partial charge in [0.05, 0.1) is 5.54 Å². The van der Waals surface area contributed by atoms with Gasteiger partial charge >= 0.3 is 0 Å². The minimum atomic E-state index is -0.498. The molecule has 1 aromatic carbocycles. The van der Waals surface area contributed by atoms with Gasteiger partial charge < -0.3 is 15.1 Å². The van der Waals surface area contributed by atoms with E-state index in [0.717, 1.165) is 36.9 Å². The number of anilines is 1. The number of rotatable bonds is 3. The Labute approximate surface area is 125 Å². The average molecular weight is 296 g/mol. The van der Waals surface area contributed by atoms with Crippen molar-refractivity contribution in [3.8, 4) is 0 Å². The molecule has 1 amide bonds. The van der Waals surface area contributed by atoms with Gasteiger partial charge in [-0.2, -0.15) is 0 Å². The Hall–Kier alpha value is -1.26. The third kappa shape index (κ3) is 3.25. The largest absolute Gasteiger partial charge is 0.368 e. The van der Waals surface area contributed by atoms with E-state index >= 15 is 0 Å². The van der Waals surface area contributed by atoms with Crippen molar-refractivity contribution >= 4 is 23.2 Å². The van der Waals surface area contributed by atoms with Crippen LogP contribution >= 0.6 is 11.6 Å². The number of likely N-dealkylation sites (N-methyl/N-ethyl adjacent to an activating group) is 1. The molecular formula is C15H22ClN3O. The highest BCUT2D eigenvalue weighted by Crippen LogP contribution is 2.20. The van der Waals surface area contributed by atoms with Crippen molar-refractivity contribution in [2.24, 2.45) is 0 Å². The molecule has 0 aromatic heterocycles. The third-order valence-corrected chi connectivity index (χ3v) is 4.17. The molecule has 1 aromatic rings. The van der Waals surface area contributed by atoms with Crippen molar-refractivity contribution in [3.05, 3.63) is 29.3 Å². The van der Waals surface area contributed by atoms with E-state index in [-0.39, 0.29) is 5.91 Å². The molecule has 1 aliphatic heterocycles. The molecule has 0 spiro atoms. The normalized spacial score (nSPS) is 16.4. The van der Waals surface area contributed by atoms with Gasteiger partial charge in [0, 0.05) is 36.9 Å². The fraction of sp³-hybridized carbons (Fsp3) is 0.533. The first-order valence-corrected chi connectivity index (χ1v) is 7.30. The smallest absolute Gasteiger partial charge is 0.242 e. The first kappa shape index (κ1) is 15.1. The van der Waals surface area contributed by atoms with Gasteiger partial charge in [0.15, 0.2) is 0 Å². The number of carbonyl (C=O) groups is 1. The zero-order valence-corrected chi connectivity index (χ0v) is 13.1. The van der Waals surface area contributed by atoms with Crippen LogP contribution in [0.4, 0.5) is 5.69 Å². The molecule has 0 bridgehead atoms. The topological polar surface area (TPSA) is 35.6 Å². The molecule has 4 nitrogen and oxygen atoms in total. The predicted octanol–water partition coefficient (Wildman–Crippen LogP) is 1.99. The Balaban J connectivity index is 1.96. The summed E-state index contributed by atoms with van der Waals surface area (Å²) in [6.45, 7) is 7.06. The SMILES string of the molecule is CNC(C)(C)C(=O)N1CCN(c2ccc(Cl)cc2)CC1. The second-order valence-corrected chi connectivity index (χ2v) is 6.07. The quantitative estimate of drug-likeness (QED) is 0.926. The molecule has 1 aliphatic rings. The molecule has 0 atom stereocenters. The van der Waals surface area contributed by atoms with Crippen molar-refractivity contribution < 1.29 is 4.79 Å². The number of halogens is 1. The van der Waals surface area contributed by atoms with Crippen LogP contribution in [-0.4, -0.2) is 49.6 Å². The predicted molar refractivity (Wildman–Crippen MR) is 83.4 cm³/mol. The molecule has 0 unspecified atom stereocenters. The van der Waals surface area contributed by atoms with E-state index in [0.29, 0.717) is 0 Å². The standard InChI is InChI=1S/C15H22ClN3O/c1-15(2,17-3)14(20)19-10-8-18(9-11-19)13-6-4-12(16)5-7-13/h4-7,17H,8-11H2,1-3H3. The van der Waals surface area contributed by atoms with Crippen molar-refractivity contribution in [1.29, 1.82) is 0 Å². The number of nitrogens with one attached hydrogen (secondary N) is 1. The highest BCUT2D eigenvalue weighted by molar-refractivity contribution is 6.30. The molecule has 20 heavy (non-hydrogen) atoms. The second kappa shape index (κ2) is 6.02. The highest BCUT2D eigenvalue weighted by atomic mass is 35.5. The Kier molecular flexibility index (Phi) is 4.55. The van der Waals surface area contributed by atoms with E-state index in [1.807, 2.05) is 50.1 Å². The van der Waals surface area contributed by atoms with E-state index in [1.54, 1.807) is 0 Å². The van der Waals surface area contributed by atoms with E-state index in [1.165, 1.54) is 0 Å². The zero-order chi connectivity index (χ0) is 14.8. The van der Waals surface area contributed by atoms with Crippen LogP contribution in [0.3, 0.4) is 0 Å². The first-order chi connectivity index (χ1) is 9.44. The van der Waals surface area contributed by atoms with E-state index in [4.69, 9.17) is 11.6 Å². The Bertz CT molecular complexity index is 465. The number of nitrogens with zero attached hydrogens (tertiary/aromatic N) is 2. The minimum absolute atomic E-state index is 0.163. The van der Waals surface area contributed by atoms with Crippen LogP contribution in [-0.2, 0) is 4.79 Å². The molecule has 0 radical (unpaired) electrons. The summed E-state index contributed by atoms with van der Waals surface area (Å²) in [6.07, 6.45) is 0. The maximum atomic E-state index is 12.4. The maximum Gasteiger partial charge on any atom is 0.242 e. The maximum absolute atomic E-state index is 12.4. The molecule has 0 saturated carbocycles. The van der Waals surface area contributed by atoms with E-state index in [9.17, 15) is 4.79 Å². The fourth-order valence-corrected chi connectivity index (χ4v) is 2.45. The Morgan fingerprint density at radius 1 is 1.15 bits per heavy atom. The third-order valence-electron chi connectivity index (χ3n) is 3.92. The summed E-state index contributed by atoms with van der Waals surface area (Å²) in [4.78, 5) is 16.6. The number of carbonyl (C=O) groups excluding carboxylic acids is 1. The van der Waals surface area contributed by atoms with E-state index in [2.05, 4.69) is 10.2 Å². The molecule has 1 fully saturated rings. The summed E-state index contributed by atoms with van der Waals surface area (Å²) >= 11 is 5.90. The van der Waals surface area contributed by atoms with Crippen molar-refractivity contribution in [1.82, 2.24) is 10.2 Å². The molecule has 1 N–H and O–H groups in total. The fourth-order valence-electron chi connectivity index (χ4n) is 2.32. The minimum Gasteiger partial charge on any atom is -0.368 e. The summed E-state index contributed by atoms with van der Waals surface area (Å²) in [5.74, 6) is 0.163. The average Bonchev–Trinajstić information content (AvgIpc) is 2.47. The molecule has 0 aliphatic carbocycles. The molecule has 2 rings (SSSR count). The van der Waals surface area contributed by atoms with Gasteiger partial charge in [-0.15, -0.1) is 0 Å². The van der Waals surface area contributed by atoms with Gasteiger partial charge in [0.25, 0.3) is 0 Å². The van der Waals surface area contributed by atoms with Crippen LogP contribution in [0.1, 0.15) is 13.8 Å². The molecule has 5 heteroatoms. The zero-order valence-electron chi connectivity index (χ0n) is 12.3. The lowest BCUT2D eigenvalue weighted by Gasteiger charge is -2.39. The van der Waals surface area contributed by atoms with Crippen LogP contribution < -0.4 is 10.2 Å². The van der Waals surface area contributed by atoms with Crippen LogP contribution in [0.2, 0.25) is 5.02 Å². The lowest BCUT2D eigenvalue weighted by atomic mass is 10.0. The van der Waals surface area contributed by atoms with Crippen LogP contribution in [0.5, 0.6) is 0 Å². The van der Waals surface area contributed by atoms with Gasteiger partial charge in [-0.05, 0) is 45.2 Å².